The summed E-state index contributed by atoms with van der Waals surface area (Å²) in [5.41, 5.74) is 2.92. The lowest BCUT2D eigenvalue weighted by atomic mass is 9.78. The number of hydrogen-bond acceptors (Lipinski definition) is 8. The third-order valence-corrected chi connectivity index (χ3v) is 13.4. The number of halogens is 1. The number of aliphatic hydroxyl groups excluding tert-OH is 2. The van der Waals surface area contributed by atoms with Gasteiger partial charge >= 0.3 is 19.3 Å². The van der Waals surface area contributed by atoms with Gasteiger partial charge < -0.3 is 38.8 Å². The van der Waals surface area contributed by atoms with Gasteiger partial charge in [0.15, 0.2) is 0 Å². The first kappa shape index (κ1) is 45.3. The molecule has 4 aromatic rings. The summed E-state index contributed by atoms with van der Waals surface area (Å²) < 4.78 is 25.4. The van der Waals surface area contributed by atoms with Gasteiger partial charge in [0.05, 0.1) is 23.3 Å². The van der Waals surface area contributed by atoms with E-state index in [1.54, 1.807) is 9.80 Å². The van der Waals surface area contributed by atoms with Gasteiger partial charge in [-0.25, -0.2) is 9.59 Å². The Morgan fingerprint density at radius 2 is 1.00 bits per heavy atom. The van der Waals surface area contributed by atoms with Crippen molar-refractivity contribution in [2.45, 2.75) is 115 Å². The van der Waals surface area contributed by atoms with Gasteiger partial charge in [-0.3, -0.25) is 0 Å². The largest absolute Gasteiger partial charge is 0.494 e. The van der Waals surface area contributed by atoms with Crippen molar-refractivity contribution in [3.05, 3.63) is 136 Å². The Bertz CT molecular complexity index is 2000. The van der Waals surface area contributed by atoms with Gasteiger partial charge in [-0.2, -0.15) is 0 Å². The molecule has 3 saturated heterocycles. The van der Waals surface area contributed by atoms with Gasteiger partial charge in [-0.1, -0.05) is 113 Å². The number of carbonyl (C=O) groups excluding carboxylic acids is 2. The molecule has 3 heterocycles. The van der Waals surface area contributed by atoms with Crippen LogP contribution >= 0.6 is 15.9 Å². The van der Waals surface area contributed by atoms with Crippen LogP contribution in [0.5, 0.6) is 0 Å². The zero-order valence-electron chi connectivity index (χ0n) is 35.8. The highest BCUT2D eigenvalue weighted by Crippen LogP contribution is 2.42. The fourth-order valence-electron chi connectivity index (χ4n) is 8.31. The van der Waals surface area contributed by atoms with E-state index in [2.05, 4.69) is 15.9 Å². The van der Waals surface area contributed by atoms with Crippen molar-refractivity contribution in [2.24, 2.45) is 0 Å². The monoisotopic (exact) mass is 882 g/mol. The number of carbonyl (C=O) groups is 2. The lowest BCUT2D eigenvalue weighted by Crippen LogP contribution is -2.48. The van der Waals surface area contributed by atoms with Crippen LogP contribution in [0.25, 0.3) is 0 Å². The fraction of sp³-hybridized carbons (Fsp3) is 0.458. The van der Waals surface area contributed by atoms with Crippen LogP contribution in [0.2, 0.25) is 0 Å². The van der Waals surface area contributed by atoms with Crippen LogP contribution in [0, 0.1) is 0 Å². The predicted octanol–water partition coefficient (Wildman–Crippen LogP) is 9.58. The molecule has 3 aliphatic heterocycles. The molecule has 0 spiro atoms. The highest BCUT2D eigenvalue weighted by Gasteiger charge is 2.52. The van der Waals surface area contributed by atoms with Crippen molar-refractivity contribution in [3.8, 4) is 0 Å². The molecule has 4 atom stereocenters. The molecular weight excluding hydrogens is 823 g/mol. The quantitative estimate of drug-likeness (QED) is 0.128. The van der Waals surface area contributed by atoms with Crippen LogP contribution in [-0.4, -0.2) is 76.8 Å². The Morgan fingerprint density at radius 3 is 1.37 bits per heavy atom. The molecule has 2 N–H and O–H groups in total. The van der Waals surface area contributed by atoms with Crippen LogP contribution in [0.15, 0.2) is 114 Å². The molecule has 12 heteroatoms. The van der Waals surface area contributed by atoms with E-state index in [4.69, 9.17) is 18.8 Å². The first-order valence-corrected chi connectivity index (χ1v) is 22.0. The lowest BCUT2D eigenvalue weighted by molar-refractivity contribution is -0.0685. The van der Waals surface area contributed by atoms with E-state index in [9.17, 15) is 19.8 Å². The van der Waals surface area contributed by atoms with E-state index in [1.165, 1.54) is 0 Å². The van der Waals surface area contributed by atoms with Crippen LogP contribution in [0.1, 0.15) is 114 Å². The number of benzene rings is 4. The highest BCUT2D eigenvalue weighted by molar-refractivity contribution is 9.10. The molecule has 0 bridgehead atoms. The van der Waals surface area contributed by atoms with E-state index >= 15 is 0 Å². The lowest BCUT2D eigenvalue weighted by Gasteiger charge is -2.43. The molecule has 0 saturated carbocycles. The summed E-state index contributed by atoms with van der Waals surface area (Å²) in [4.78, 5) is 29.6. The van der Waals surface area contributed by atoms with Crippen LogP contribution in [-0.2, 0) is 30.0 Å². The van der Waals surface area contributed by atoms with Crippen molar-refractivity contribution < 1.29 is 38.6 Å². The first-order valence-electron chi connectivity index (χ1n) is 21.2. The molecule has 0 radical (unpaired) electrons. The SMILES string of the molecule is C[C@@H](c1ccc(B2OC(C)(C)C(C)(C)O2)cc1)N1CC[C@](CCCO)(c2ccccc2)OC1=O.C[C@@H](c1ccc(Br)cc1)N1CC[C@](CCCO)(c2ccccc2)OC1=O. The second kappa shape index (κ2) is 19.2. The minimum absolute atomic E-state index is 0.0535. The molecule has 4 aromatic carbocycles. The summed E-state index contributed by atoms with van der Waals surface area (Å²) in [6.07, 6.45) is 3.18. The third-order valence-electron chi connectivity index (χ3n) is 12.9. The molecule has 7 rings (SSSR count). The standard InChI is InChI=1S/C27H36BNO5.C21H24BrNO3/c1-20(21-12-14-23(15-13-21)28-33-25(2,3)26(4,5)34-28)29-18-17-27(16-9-19-30,32-24(29)31)22-10-7-6-8-11-22;1-16(17-8-10-19(22)11-9-17)23-14-13-21(12-5-15-24,26-20(23)25)18-6-3-2-4-7-18/h6-8,10-15,20,30H,9,16-19H2,1-5H3;2-4,6-11,16,24H,5,12-15H2,1H3/t20-,27+;16-,21+/m00/s1. The number of rotatable bonds is 13. The zero-order chi connectivity index (χ0) is 43.1. The number of nitrogens with zero attached hydrogens (tertiary/aromatic N) is 2. The number of ether oxygens (including phenoxy) is 2. The molecule has 60 heavy (non-hydrogen) atoms. The topological polar surface area (TPSA) is 118 Å². The summed E-state index contributed by atoms with van der Waals surface area (Å²) in [7, 11) is -0.410. The fourth-order valence-corrected chi connectivity index (χ4v) is 8.58. The first-order chi connectivity index (χ1) is 28.6. The van der Waals surface area contributed by atoms with Crippen molar-refractivity contribution in [1.29, 1.82) is 0 Å². The summed E-state index contributed by atoms with van der Waals surface area (Å²) >= 11 is 3.44. The summed E-state index contributed by atoms with van der Waals surface area (Å²) in [5, 5.41) is 18.7. The molecule has 0 aliphatic carbocycles. The number of hydrogen-bond donors (Lipinski definition) is 2. The van der Waals surface area contributed by atoms with Crippen molar-refractivity contribution in [2.75, 3.05) is 26.3 Å². The molecule has 10 nitrogen and oxygen atoms in total. The minimum Gasteiger partial charge on any atom is -0.438 e. The average molecular weight is 884 g/mol. The zero-order valence-corrected chi connectivity index (χ0v) is 37.4. The van der Waals surface area contributed by atoms with Gasteiger partial charge in [0.1, 0.15) is 11.2 Å². The van der Waals surface area contributed by atoms with E-state index in [1.807, 2.05) is 151 Å². The van der Waals surface area contributed by atoms with E-state index < -0.39 is 18.3 Å². The van der Waals surface area contributed by atoms with Gasteiger partial charge in [0.25, 0.3) is 0 Å². The van der Waals surface area contributed by atoms with Crippen molar-refractivity contribution in [3.63, 3.8) is 0 Å². The smallest absolute Gasteiger partial charge is 0.438 e. The number of aliphatic hydroxyl groups is 2. The molecule has 3 fully saturated rings. The van der Waals surface area contributed by atoms with E-state index in [0.29, 0.717) is 51.6 Å². The maximum absolute atomic E-state index is 13.2. The van der Waals surface area contributed by atoms with Crippen LogP contribution in [0.3, 0.4) is 0 Å². The van der Waals surface area contributed by atoms with E-state index in [-0.39, 0.29) is 48.7 Å². The molecule has 2 amide bonds. The van der Waals surface area contributed by atoms with Gasteiger partial charge in [0, 0.05) is 43.6 Å². The van der Waals surface area contributed by atoms with Gasteiger partial charge in [-0.05, 0) is 107 Å². The van der Waals surface area contributed by atoms with Crippen molar-refractivity contribution >= 4 is 40.7 Å². The van der Waals surface area contributed by atoms with Crippen molar-refractivity contribution in [1.82, 2.24) is 9.80 Å². The van der Waals surface area contributed by atoms with Gasteiger partial charge in [0.2, 0.25) is 0 Å². The summed E-state index contributed by atoms with van der Waals surface area (Å²) in [6, 6.07) is 35.6. The Hall–Kier alpha value is -4.20. The van der Waals surface area contributed by atoms with Gasteiger partial charge in [-0.15, -0.1) is 0 Å². The maximum Gasteiger partial charge on any atom is 0.494 e. The Kier molecular flexibility index (Phi) is 14.5. The Morgan fingerprint density at radius 1 is 0.617 bits per heavy atom. The maximum atomic E-state index is 13.2. The molecule has 0 unspecified atom stereocenters. The van der Waals surface area contributed by atoms with E-state index in [0.717, 1.165) is 32.2 Å². The Balaban J connectivity index is 0.000000209. The van der Waals surface area contributed by atoms with Crippen LogP contribution in [0.4, 0.5) is 9.59 Å². The summed E-state index contributed by atoms with van der Waals surface area (Å²) in [6.45, 7) is 13.6. The minimum atomic E-state index is -0.697. The molecule has 320 valence electrons. The number of cyclic esters (lactones) is 2. The van der Waals surface area contributed by atoms with Crippen LogP contribution < -0.4 is 5.46 Å². The summed E-state index contributed by atoms with van der Waals surface area (Å²) in [5.74, 6) is 0. The normalized spacial score (nSPS) is 23.2. The molecule has 0 aromatic heterocycles. The second-order valence-electron chi connectivity index (χ2n) is 17.2. The number of amides is 2. The average Bonchev–Trinajstić information content (AvgIpc) is 3.48. The Labute approximate surface area is 364 Å². The molecule has 3 aliphatic rings. The third kappa shape index (κ3) is 9.95. The second-order valence-corrected chi connectivity index (χ2v) is 18.1. The highest BCUT2D eigenvalue weighted by atomic mass is 79.9. The predicted molar refractivity (Wildman–Crippen MR) is 238 cm³/mol. The molecular formula is C48H60BBrN2O8.